The molecule has 0 saturated heterocycles. The fourth-order valence-corrected chi connectivity index (χ4v) is 1.45. The molecular formula is C12H19N3S. The highest BCUT2D eigenvalue weighted by atomic mass is 32.1. The van der Waals surface area contributed by atoms with Crippen LogP contribution in [0.15, 0.2) is 18.2 Å². The number of nitrogens with two attached hydrogens (primary N) is 1. The Morgan fingerprint density at radius 2 is 2.19 bits per heavy atom. The van der Waals surface area contributed by atoms with Gasteiger partial charge in [0.15, 0.2) is 0 Å². The van der Waals surface area contributed by atoms with E-state index in [9.17, 15) is 0 Å². The van der Waals surface area contributed by atoms with Crippen LogP contribution in [0.2, 0.25) is 0 Å². The summed E-state index contributed by atoms with van der Waals surface area (Å²) in [4.78, 5) is 6.88. The highest BCUT2D eigenvalue weighted by Crippen LogP contribution is 2.11. The van der Waals surface area contributed by atoms with Crippen LogP contribution in [-0.4, -0.2) is 23.6 Å². The number of nitrogens with zero attached hydrogens (tertiary/aromatic N) is 2. The van der Waals surface area contributed by atoms with E-state index in [2.05, 4.69) is 23.7 Å². The van der Waals surface area contributed by atoms with E-state index in [0.29, 0.717) is 16.6 Å². The van der Waals surface area contributed by atoms with Gasteiger partial charge < -0.3 is 10.6 Å². The number of thiocarbonyl (C=S) groups is 1. The second-order valence-corrected chi connectivity index (χ2v) is 4.79. The predicted molar refractivity (Wildman–Crippen MR) is 72.8 cm³/mol. The Hall–Kier alpha value is -1.16. The Morgan fingerprint density at radius 1 is 1.50 bits per heavy atom. The lowest BCUT2D eigenvalue weighted by Gasteiger charge is -2.19. The first-order chi connectivity index (χ1) is 7.50. The van der Waals surface area contributed by atoms with Crippen molar-refractivity contribution in [2.24, 2.45) is 11.7 Å². The minimum Gasteiger partial charge on any atom is -0.388 e. The Balaban J connectivity index is 2.71. The Bertz CT molecular complexity index is 363. The summed E-state index contributed by atoms with van der Waals surface area (Å²) in [5, 5.41) is 0. The molecule has 2 N–H and O–H groups in total. The molecule has 0 saturated carbocycles. The largest absolute Gasteiger partial charge is 0.388 e. The third kappa shape index (κ3) is 3.77. The maximum Gasteiger partial charge on any atom is 0.129 e. The van der Waals surface area contributed by atoms with Crippen molar-refractivity contribution in [3.05, 3.63) is 23.9 Å². The minimum absolute atomic E-state index is 0.346. The zero-order chi connectivity index (χ0) is 12.1. The third-order valence-electron chi connectivity index (χ3n) is 2.42. The van der Waals surface area contributed by atoms with Crippen LogP contribution in [0.3, 0.4) is 0 Å². The lowest BCUT2D eigenvalue weighted by molar-refractivity contribution is 0.583. The second-order valence-electron chi connectivity index (χ2n) is 4.35. The monoisotopic (exact) mass is 237 g/mol. The van der Waals surface area contributed by atoms with Crippen LogP contribution in [0.5, 0.6) is 0 Å². The zero-order valence-electron chi connectivity index (χ0n) is 10.1. The molecule has 0 aliphatic carbocycles. The summed E-state index contributed by atoms with van der Waals surface area (Å²) in [6.45, 7) is 5.42. The van der Waals surface area contributed by atoms with Crippen molar-refractivity contribution >= 4 is 23.0 Å². The van der Waals surface area contributed by atoms with E-state index in [1.165, 1.54) is 0 Å². The molecule has 4 heteroatoms. The van der Waals surface area contributed by atoms with Crippen LogP contribution < -0.4 is 10.6 Å². The number of hydrogen-bond donors (Lipinski definition) is 1. The standard InChI is InChI=1S/C12H19N3S/c1-9(2)7-8-15(3)11-6-4-5-10(14-11)12(13)16/h4-6,9H,7-8H2,1-3H3,(H2,13,16). The molecule has 1 aromatic heterocycles. The van der Waals surface area contributed by atoms with Gasteiger partial charge in [-0.1, -0.05) is 32.1 Å². The smallest absolute Gasteiger partial charge is 0.129 e. The Kier molecular flexibility index (Phi) is 4.68. The van der Waals surface area contributed by atoms with Gasteiger partial charge in [-0.25, -0.2) is 4.98 Å². The molecule has 16 heavy (non-hydrogen) atoms. The topological polar surface area (TPSA) is 42.1 Å². The van der Waals surface area contributed by atoms with Crippen molar-refractivity contribution in [3.8, 4) is 0 Å². The summed E-state index contributed by atoms with van der Waals surface area (Å²) in [6.07, 6.45) is 1.15. The van der Waals surface area contributed by atoms with Crippen LogP contribution in [0, 0.1) is 5.92 Å². The first kappa shape index (κ1) is 12.9. The van der Waals surface area contributed by atoms with Crippen LogP contribution >= 0.6 is 12.2 Å². The molecule has 88 valence electrons. The van der Waals surface area contributed by atoms with E-state index in [4.69, 9.17) is 18.0 Å². The van der Waals surface area contributed by atoms with Crippen molar-refractivity contribution in [2.75, 3.05) is 18.5 Å². The summed E-state index contributed by atoms with van der Waals surface area (Å²) in [5.74, 6) is 1.62. The molecule has 0 bridgehead atoms. The van der Waals surface area contributed by atoms with E-state index in [-0.39, 0.29) is 0 Å². The fourth-order valence-electron chi connectivity index (χ4n) is 1.34. The van der Waals surface area contributed by atoms with Crippen LogP contribution in [-0.2, 0) is 0 Å². The maximum atomic E-state index is 5.56. The molecule has 0 aliphatic rings. The van der Waals surface area contributed by atoms with Crippen molar-refractivity contribution in [3.63, 3.8) is 0 Å². The van der Waals surface area contributed by atoms with Gasteiger partial charge in [-0.2, -0.15) is 0 Å². The highest BCUT2D eigenvalue weighted by Gasteiger charge is 2.05. The van der Waals surface area contributed by atoms with Gasteiger partial charge in [0.25, 0.3) is 0 Å². The van der Waals surface area contributed by atoms with Gasteiger partial charge in [0.1, 0.15) is 10.8 Å². The Morgan fingerprint density at radius 3 is 2.75 bits per heavy atom. The molecule has 0 atom stereocenters. The third-order valence-corrected chi connectivity index (χ3v) is 2.63. The summed E-state index contributed by atoms with van der Waals surface area (Å²) >= 11 is 4.91. The lowest BCUT2D eigenvalue weighted by Crippen LogP contribution is -2.22. The van der Waals surface area contributed by atoms with Gasteiger partial charge >= 0.3 is 0 Å². The molecule has 3 nitrogen and oxygen atoms in total. The molecular weight excluding hydrogens is 218 g/mol. The van der Waals surface area contributed by atoms with Crippen molar-refractivity contribution in [1.29, 1.82) is 0 Å². The van der Waals surface area contributed by atoms with Gasteiger partial charge in [-0.05, 0) is 24.5 Å². The summed E-state index contributed by atoms with van der Waals surface area (Å²) in [5.41, 5.74) is 6.24. The predicted octanol–water partition coefficient (Wildman–Crippen LogP) is 2.20. The molecule has 0 aromatic carbocycles. The fraction of sp³-hybridized carbons (Fsp3) is 0.500. The van der Waals surface area contributed by atoms with Crippen molar-refractivity contribution in [2.45, 2.75) is 20.3 Å². The molecule has 0 aliphatic heterocycles. The quantitative estimate of drug-likeness (QED) is 0.797. The number of hydrogen-bond acceptors (Lipinski definition) is 3. The number of anilines is 1. The molecule has 0 fully saturated rings. The average Bonchev–Trinajstić information content (AvgIpc) is 2.26. The second kappa shape index (κ2) is 5.80. The highest BCUT2D eigenvalue weighted by molar-refractivity contribution is 7.80. The first-order valence-corrected chi connectivity index (χ1v) is 5.89. The molecule has 0 amide bonds. The number of aromatic nitrogens is 1. The van der Waals surface area contributed by atoms with Crippen LogP contribution in [0.4, 0.5) is 5.82 Å². The van der Waals surface area contributed by atoms with Crippen molar-refractivity contribution < 1.29 is 0 Å². The lowest BCUT2D eigenvalue weighted by atomic mass is 10.1. The van der Waals surface area contributed by atoms with Gasteiger partial charge in [0.05, 0.1) is 5.69 Å². The zero-order valence-corrected chi connectivity index (χ0v) is 10.9. The van der Waals surface area contributed by atoms with E-state index in [0.717, 1.165) is 18.8 Å². The van der Waals surface area contributed by atoms with Gasteiger partial charge in [0, 0.05) is 13.6 Å². The molecule has 1 aromatic rings. The molecule has 0 unspecified atom stereocenters. The SMILES string of the molecule is CC(C)CCN(C)c1cccc(C(N)=S)n1. The Labute approximate surface area is 103 Å². The van der Waals surface area contributed by atoms with E-state index < -0.39 is 0 Å². The first-order valence-electron chi connectivity index (χ1n) is 5.48. The number of rotatable bonds is 5. The molecule has 0 spiro atoms. The maximum absolute atomic E-state index is 5.56. The van der Waals surface area contributed by atoms with Gasteiger partial charge in [-0.3, -0.25) is 0 Å². The minimum atomic E-state index is 0.346. The van der Waals surface area contributed by atoms with Gasteiger partial charge in [-0.15, -0.1) is 0 Å². The summed E-state index contributed by atoms with van der Waals surface area (Å²) < 4.78 is 0. The van der Waals surface area contributed by atoms with E-state index >= 15 is 0 Å². The number of pyridine rings is 1. The molecule has 1 heterocycles. The summed E-state index contributed by atoms with van der Waals surface area (Å²) in [7, 11) is 2.04. The van der Waals surface area contributed by atoms with E-state index in [1.54, 1.807) is 0 Å². The molecule has 1 rings (SSSR count). The van der Waals surface area contributed by atoms with Crippen molar-refractivity contribution in [1.82, 2.24) is 4.98 Å². The van der Waals surface area contributed by atoms with Crippen LogP contribution in [0.25, 0.3) is 0 Å². The molecule has 0 radical (unpaired) electrons. The van der Waals surface area contributed by atoms with Crippen LogP contribution in [0.1, 0.15) is 26.0 Å². The average molecular weight is 237 g/mol. The summed E-state index contributed by atoms with van der Waals surface area (Å²) in [6, 6.07) is 5.74. The van der Waals surface area contributed by atoms with E-state index in [1.807, 2.05) is 25.2 Å². The van der Waals surface area contributed by atoms with Gasteiger partial charge in [0.2, 0.25) is 0 Å². The normalized spacial score (nSPS) is 10.5.